The summed E-state index contributed by atoms with van der Waals surface area (Å²) in [6.45, 7) is 7.58. The van der Waals surface area contributed by atoms with E-state index >= 15 is 0 Å². The van der Waals surface area contributed by atoms with E-state index in [1.165, 1.54) is 12.3 Å². The number of aliphatic hydroxyl groups excluding tert-OH is 1. The van der Waals surface area contributed by atoms with Crippen LogP contribution >= 0.6 is 0 Å². The van der Waals surface area contributed by atoms with Crippen molar-refractivity contribution < 1.29 is 18.8 Å². The highest BCUT2D eigenvalue weighted by molar-refractivity contribution is 6.55. The maximum atomic E-state index is 12.8. The third-order valence-electron chi connectivity index (χ3n) is 3.84. The van der Waals surface area contributed by atoms with Crippen molar-refractivity contribution in [2.24, 2.45) is 0 Å². The molecule has 1 aliphatic heterocycles. The lowest BCUT2D eigenvalue weighted by Gasteiger charge is -2.32. The molecule has 0 unspecified atom stereocenters. The van der Waals surface area contributed by atoms with E-state index in [1.54, 1.807) is 12.1 Å². The summed E-state index contributed by atoms with van der Waals surface area (Å²) in [6, 6.07) is 2.86. The van der Waals surface area contributed by atoms with Gasteiger partial charge in [0.05, 0.1) is 17.8 Å². The van der Waals surface area contributed by atoms with E-state index in [-0.39, 0.29) is 6.61 Å². The summed E-state index contributed by atoms with van der Waals surface area (Å²) < 4.78 is 24.5. The number of aliphatic hydroxyl groups is 1. The first-order valence-electron chi connectivity index (χ1n) is 6.54. The number of halogens is 1. The second-order valence-electron chi connectivity index (χ2n) is 5.88. The first kappa shape index (κ1) is 15.2. The maximum Gasteiger partial charge on any atom is 0.492 e. The molecule has 1 aromatic rings. The Labute approximate surface area is 118 Å². The van der Waals surface area contributed by atoms with Crippen molar-refractivity contribution in [1.29, 1.82) is 0 Å². The van der Waals surface area contributed by atoms with Crippen LogP contribution in [0.1, 0.15) is 33.3 Å². The molecule has 108 valence electrons. The molecule has 2 rings (SSSR count). The van der Waals surface area contributed by atoms with Crippen LogP contribution in [-0.4, -0.2) is 35.0 Å². The van der Waals surface area contributed by atoms with E-state index in [1.807, 2.05) is 27.7 Å². The summed E-state index contributed by atoms with van der Waals surface area (Å²) in [4.78, 5) is 3.58. The number of hydrogen-bond donors (Lipinski definition) is 1. The molecule has 1 fully saturated rings. The molecule has 4 nitrogen and oxygen atoms in total. The summed E-state index contributed by atoms with van der Waals surface area (Å²) in [6.07, 6.45) is 3.10. The maximum absolute atomic E-state index is 12.8. The number of pyridine rings is 1. The highest BCUT2D eigenvalue weighted by Crippen LogP contribution is 2.38. The van der Waals surface area contributed by atoms with Crippen LogP contribution in [0.25, 0.3) is 6.08 Å². The second-order valence-corrected chi connectivity index (χ2v) is 5.88. The van der Waals surface area contributed by atoms with Gasteiger partial charge in [-0.05, 0) is 50.9 Å². The molecule has 0 atom stereocenters. The first-order chi connectivity index (χ1) is 9.25. The van der Waals surface area contributed by atoms with E-state index in [0.717, 1.165) is 0 Å². The highest BCUT2D eigenvalue weighted by Gasteiger charge is 2.52. The molecule has 6 heteroatoms. The van der Waals surface area contributed by atoms with Gasteiger partial charge in [0, 0.05) is 6.20 Å². The minimum absolute atomic E-state index is 0.200. The van der Waals surface area contributed by atoms with Gasteiger partial charge < -0.3 is 14.4 Å². The smallest absolute Gasteiger partial charge is 0.400 e. The predicted molar refractivity (Wildman–Crippen MR) is 75.3 cm³/mol. The Balaban J connectivity index is 2.24. The van der Waals surface area contributed by atoms with E-state index < -0.39 is 24.3 Å². The third-order valence-corrected chi connectivity index (χ3v) is 3.84. The normalized spacial score (nSPS) is 21.3. The number of nitrogens with zero attached hydrogens (tertiary/aromatic N) is 1. The Bertz CT molecular complexity index is 498. The van der Waals surface area contributed by atoms with E-state index in [4.69, 9.17) is 9.31 Å². The monoisotopic (exact) mass is 279 g/mol. The standard InChI is InChI=1S/C14H19BFNO3/c1-13(2)14(3,4)20-15(19-13)11(9-18)7-10-5-6-12(16)17-8-10/h5-8,18H,9H2,1-4H3. The molecule has 0 bridgehead atoms. The third kappa shape index (κ3) is 2.92. The molecule has 1 aliphatic rings. The molecule has 0 radical (unpaired) electrons. The lowest BCUT2D eigenvalue weighted by Crippen LogP contribution is -2.41. The summed E-state index contributed by atoms with van der Waals surface area (Å²) in [5.41, 5.74) is 0.335. The van der Waals surface area contributed by atoms with Gasteiger partial charge in [-0.15, -0.1) is 0 Å². The Morgan fingerprint density at radius 3 is 2.35 bits per heavy atom. The molecule has 2 heterocycles. The van der Waals surface area contributed by atoms with Crippen molar-refractivity contribution in [3.05, 3.63) is 35.3 Å². The minimum atomic E-state index is -0.616. The minimum Gasteiger partial charge on any atom is -0.400 e. The van der Waals surface area contributed by atoms with Crippen LogP contribution in [0.3, 0.4) is 0 Å². The fourth-order valence-corrected chi connectivity index (χ4v) is 1.87. The fourth-order valence-electron chi connectivity index (χ4n) is 1.87. The quantitative estimate of drug-likeness (QED) is 0.681. The number of hydrogen-bond acceptors (Lipinski definition) is 4. The van der Waals surface area contributed by atoms with E-state index in [0.29, 0.717) is 11.0 Å². The summed E-state index contributed by atoms with van der Waals surface area (Å²) >= 11 is 0. The van der Waals surface area contributed by atoms with Crippen molar-refractivity contribution in [2.45, 2.75) is 38.9 Å². The van der Waals surface area contributed by atoms with Gasteiger partial charge in [-0.2, -0.15) is 4.39 Å². The van der Waals surface area contributed by atoms with Crippen molar-refractivity contribution in [1.82, 2.24) is 4.98 Å². The lowest BCUT2D eigenvalue weighted by atomic mass is 9.77. The SMILES string of the molecule is CC1(C)OB(C(=Cc2ccc(F)nc2)CO)OC1(C)C. The molecule has 0 aromatic carbocycles. The second kappa shape index (κ2) is 5.28. The topological polar surface area (TPSA) is 51.6 Å². The van der Waals surface area contributed by atoms with Crippen LogP contribution < -0.4 is 0 Å². The zero-order chi connectivity index (χ0) is 15.0. The largest absolute Gasteiger partial charge is 0.492 e. The molecular formula is C14H19BFNO3. The van der Waals surface area contributed by atoms with Crippen LogP contribution in [0.4, 0.5) is 4.39 Å². The number of aromatic nitrogens is 1. The van der Waals surface area contributed by atoms with Crippen LogP contribution in [0, 0.1) is 5.95 Å². The highest BCUT2D eigenvalue weighted by atomic mass is 19.1. The molecule has 0 spiro atoms. The molecule has 1 aromatic heterocycles. The average molecular weight is 279 g/mol. The molecule has 20 heavy (non-hydrogen) atoms. The Morgan fingerprint density at radius 1 is 1.30 bits per heavy atom. The Hall–Kier alpha value is -1.24. The Kier molecular flexibility index (Phi) is 4.00. The van der Waals surface area contributed by atoms with Gasteiger partial charge in [-0.1, -0.05) is 6.08 Å². The zero-order valence-electron chi connectivity index (χ0n) is 12.2. The van der Waals surface area contributed by atoms with Crippen LogP contribution in [0.5, 0.6) is 0 Å². The molecule has 0 saturated carbocycles. The van der Waals surface area contributed by atoms with Crippen molar-refractivity contribution in [3.63, 3.8) is 0 Å². The molecule has 0 amide bonds. The fraction of sp³-hybridized carbons (Fsp3) is 0.500. The van der Waals surface area contributed by atoms with Gasteiger partial charge in [-0.25, -0.2) is 4.98 Å². The number of rotatable bonds is 3. The van der Waals surface area contributed by atoms with Crippen molar-refractivity contribution >= 4 is 13.2 Å². The van der Waals surface area contributed by atoms with Crippen molar-refractivity contribution in [3.8, 4) is 0 Å². The lowest BCUT2D eigenvalue weighted by molar-refractivity contribution is 0.00578. The molecule has 1 saturated heterocycles. The summed E-state index contributed by atoms with van der Waals surface area (Å²) in [5, 5.41) is 9.52. The first-order valence-corrected chi connectivity index (χ1v) is 6.54. The van der Waals surface area contributed by atoms with Crippen molar-refractivity contribution in [2.75, 3.05) is 6.61 Å². The molecular weight excluding hydrogens is 260 g/mol. The van der Waals surface area contributed by atoms with Gasteiger partial charge in [0.1, 0.15) is 0 Å². The van der Waals surface area contributed by atoms with Gasteiger partial charge in [0.25, 0.3) is 0 Å². The van der Waals surface area contributed by atoms with Gasteiger partial charge in [0.15, 0.2) is 0 Å². The average Bonchev–Trinajstić information content (AvgIpc) is 2.57. The summed E-state index contributed by atoms with van der Waals surface area (Å²) in [7, 11) is -0.616. The van der Waals surface area contributed by atoms with E-state index in [2.05, 4.69) is 4.98 Å². The van der Waals surface area contributed by atoms with Crippen LogP contribution in [0.2, 0.25) is 0 Å². The van der Waals surface area contributed by atoms with Gasteiger partial charge in [-0.3, -0.25) is 0 Å². The predicted octanol–water partition coefficient (Wildman–Crippen LogP) is 2.23. The van der Waals surface area contributed by atoms with Crippen LogP contribution in [0.15, 0.2) is 23.8 Å². The summed E-state index contributed by atoms with van der Waals surface area (Å²) in [5.74, 6) is -0.539. The zero-order valence-corrected chi connectivity index (χ0v) is 12.2. The molecule has 1 N–H and O–H groups in total. The Morgan fingerprint density at radius 2 is 1.90 bits per heavy atom. The van der Waals surface area contributed by atoms with Crippen LogP contribution in [-0.2, 0) is 9.31 Å². The van der Waals surface area contributed by atoms with Gasteiger partial charge >= 0.3 is 7.12 Å². The van der Waals surface area contributed by atoms with Gasteiger partial charge in [0.2, 0.25) is 5.95 Å². The molecule has 0 aliphatic carbocycles. The van der Waals surface area contributed by atoms with E-state index in [9.17, 15) is 9.50 Å².